The highest BCUT2D eigenvalue weighted by Gasteiger charge is 2.42. The molecule has 2 heterocycles. The van der Waals surface area contributed by atoms with Crippen LogP contribution in [0.3, 0.4) is 0 Å². The molecule has 1 aliphatic rings. The Labute approximate surface area is 116 Å². The van der Waals surface area contributed by atoms with Crippen molar-refractivity contribution < 1.29 is 9.47 Å². The Bertz CT molecular complexity index is 383. The largest absolute Gasteiger partial charge is 0.381 e. The first-order valence-corrected chi connectivity index (χ1v) is 6.91. The molecule has 1 unspecified atom stereocenters. The standard InChI is InChI=1S/C12H20BrN3O2/c1-14-11(10-9(13)8-15-16(10)2)12(17-3)4-6-18-7-5-12/h8,11,14H,4-7H2,1-3H3. The van der Waals surface area contributed by atoms with E-state index in [0.29, 0.717) is 0 Å². The third kappa shape index (κ3) is 2.34. The molecule has 2 rings (SSSR count). The molecule has 1 fully saturated rings. The zero-order chi connectivity index (χ0) is 13.2. The van der Waals surface area contributed by atoms with Crippen molar-refractivity contribution in [1.29, 1.82) is 0 Å². The Morgan fingerprint density at radius 3 is 2.67 bits per heavy atom. The molecule has 1 N–H and O–H groups in total. The monoisotopic (exact) mass is 317 g/mol. The van der Waals surface area contributed by atoms with Gasteiger partial charge in [-0.1, -0.05) is 0 Å². The van der Waals surface area contributed by atoms with Crippen LogP contribution in [0.4, 0.5) is 0 Å². The lowest BCUT2D eigenvalue weighted by atomic mass is 9.84. The van der Waals surface area contributed by atoms with Gasteiger partial charge in [0.2, 0.25) is 0 Å². The smallest absolute Gasteiger partial charge is 0.0931 e. The molecule has 18 heavy (non-hydrogen) atoms. The van der Waals surface area contributed by atoms with Gasteiger partial charge in [0.15, 0.2) is 0 Å². The average Bonchev–Trinajstić information content (AvgIpc) is 2.73. The molecule has 5 nitrogen and oxygen atoms in total. The number of likely N-dealkylation sites (N-methyl/N-ethyl adjacent to an activating group) is 1. The van der Waals surface area contributed by atoms with Gasteiger partial charge in [0.25, 0.3) is 0 Å². The Balaban J connectivity index is 2.37. The maximum atomic E-state index is 5.86. The van der Waals surface area contributed by atoms with E-state index in [1.54, 1.807) is 7.11 Å². The van der Waals surface area contributed by atoms with Gasteiger partial charge in [-0.25, -0.2) is 0 Å². The molecule has 6 heteroatoms. The van der Waals surface area contributed by atoms with Crippen LogP contribution in [-0.4, -0.2) is 42.8 Å². The van der Waals surface area contributed by atoms with Crippen molar-refractivity contribution in [2.45, 2.75) is 24.5 Å². The number of aromatic nitrogens is 2. The molecule has 1 aliphatic heterocycles. The quantitative estimate of drug-likeness (QED) is 0.917. The predicted octanol–water partition coefficient (Wildman–Crippen LogP) is 1.64. The number of hydrogen-bond donors (Lipinski definition) is 1. The Morgan fingerprint density at radius 2 is 2.22 bits per heavy atom. The van der Waals surface area contributed by atoms with Gasteiger partial charge in [0.05, 0.1) is 28.0 Å². The lowest BCUT2D eigenvalue weighted by Gasteiger charge is -2.42. The molecule has 1 aromatic rings. The minimum atomic E-state index is -0.233. The number of hydrogen-bond acceptors (Lipinski definition) is 4. The fraction of sp³-hybridized carbons (Fsp3) is 0.750. The lowest BCUT2D eigenvalue weighted by molar-refractivity contribution is -0.111. The number of methoxy groups -OCH3 is 1. The second kappa shape index (κ2) is 5.69. The number of ether oxygens (including phenoxy) is 2. The normalized spacial score (nSPS) is 20.9. The molecule has 1 saturated heterocycles. The Morgan fingerprint density at radius 1 is 1.56 bits per heavy atom. The van der Waals surface area contributed by atoms with Crippen molar-refractivity contribution in [1.82, 2.24) is 15.1 Å². The third-order valence-corrected chi connectivity index (χ3v) is 4.38. The average molecular weight is 318 g/mol. The topological polar surface area (TPSA) is 48.3 Å². The zero-order valence-corrected chi connectivity index (χ0v) is 12.7. The van der Waals surface area contributed by atoms with Crippen LogP contribution in [0.5, 0.6) is 0 Å². The van der Waals surface area contributed by atoms with Crippen LogP contribution in [0.2, 0.25) is 0 Å². The summed E-state index contributed by atoms with van der Waals surface area (Å²) in [6, 6.07) is 0.0910. The Hall–Kier alpha value is -0.430. The molecule has 0 spiro atoms. The summed E-state index contributed by atoms with van der Waals surface area (Å²) >= 11 is 3.57. The van der Waals surface area contributed by atoms with Gasteiger partial charge in [0, 0.05) is 40.2 Å². The number of aryl methyl sites for hydroxylation is 1. The summed E-state index contributed by atoms with van der Waals surface area (Å²) in [4.78, 5) is 0. The molecular weight excluding hydrogens is 298 g/mol. The molecule has 0 amide bonds. The molecule has 0 radical (unpaired) electrons. The van der Waals surface area contributed by atoms with E-state index in [1.807, 2.05) is 25.0 Å². The molecular formula is C12H20BrN3O2. The zero-order valence-electron chi connectivity index (χ0n) is 11.1. The maximum Gasteiger partial charge on any atom is 0.0931 e. The van der Waals surface area contributed by atoms with Crippen LogP contribution in [-0.2, 0) is 16.5 Å². The van der Waals surface area contributed by atoms with Crippen LogP contribution in [0.1, 0.15) is 24.6 Å². The first kappa shape index (κ1) is 14.0. The van der Waals surface area contributed by atoms with Gasteiger partial charge in [-0.15, -0.1) is 0 Å². The summed E-state index contributed by atoms with van der Waals surface area (Å²) < 4.78 is 14.2. The van der Waals surface area contributed by atoms with E-state index < -0.39 is 0 Å². The first-order valence-electron chi connectivity index (χ1n) is 6.12. The number of nitrogens with one attached hydrogen (secondary N) is 1. The minimum absolute atomic E-state index is 0.0910. The van der Waals surface area contributed by atoms with E-state index in [0.717, 1.165) is 36.2 Å². The molecule has 1 aromatic heterocycles. The second-order valence-electron chi connectivity index (χ2n) is 4.60. The van der Waals surface area contributed by atoms with E-state index >= 15 is 0 Å². The summed E-state index contributed by atoms with van der Waals surface area (Å²) in [6.07, 6.45) is 3.58. The fourth-order valence-electron chi connectivity index (χ4n) is 2.72. The van der Waals surface area contributed by atoms with Crippen molar-refractivity contribution >= 4 is 15.9 Å². The van der Waals surface area contributed by atoms with Crippen LogP contribution in [0, 0.1) is 0 Å². The van der Waals surface area contributed by atoms with E-state index in [-0.39, 0.29) is 11.6 Å². The van der Waals surface area contributed by atoms with Crippen molar-refractivity contribution in [3.05, 3.63) is 16.4 Å². The van der Waals surface area contributed by atoms with Crippen molar-refractivity contribution in [3.63, 3.8) is 0 Å². The van der Waals surface area contributed by atoms with E-state index in [2.05, 4.69) is 26.3 Å². The lowest BCUT2D eigenvalue weighted by Crippen LogP contribution is -2.49. The molecule has 0 saturated carbocycles. The van der Waals surface area contributed by atoms with Crippen molar-refractivity contribution in [2.75, 3.05) is 27.4 Å². The number of halogens is 1. The van der Waals surface area contributed by atoms with Crippen LogP contribution in [0.15, 0.2) is 10.7 Å². The molecule has 0 aromatic carbocycles. The highest BCUT2D eigenvalue weighted by molar-refractivity contribution is 9.10. The minimum Gasteiger partial charge on any atom is -0.381 e. The van der Waals surface area contributed by atoms with Crippen LogP contribution in [0.25, 0.3) is 0 Å². The van der Waals surface area contributed by atoms with Crippen LogP contribution < -0.4 is 5.32 Å². The molecule has 0 bridgehead atoms. The highest BCUT2D eigenvalue weighted by atomic mass is 79.9. The van der Waals surface area contributed by atoms with Gasteiger partial charge in [-0.3, -0.25) is 4.68 Å². The van der Waals surface area contributed by atoms with Gasteiger partial charge >= 0.3 is 0 Å². The highest BCUT2D eigenvalue weighted by Crippen LogP contribution is 2.39. The second-order valence-corrected chi connectivity index (χ2v) is 5.46. The summed E-state index contributed by atoms with van der Waals surface area (Å²) in [5.74, 6) is 0. The van der Waals surface area contributed by atoms with Gasteiger partial charge in [0.1, 0.15) is 0 Å². The van der Waals surface area contributed by atoms with Gasteiger partial charge < -0.3 is 14.8 Å². The molecule has 102 valence electrons. The van der Waals surface area contributed by atoms with Gasteiger partial charge in [-0.05, 0) is 23.0 Å². The predicted molar refractivity (Wildman–Crippen MR) is 72.5 cm³/mol. The fourth-order valence-corrected chi connectivity index (χ4v) is 3.30. The van der Waals surface area contributed by atoms with Crippen molar-refractivity contribution in [3.8, 4) is 0 Å². The van der Waals surface area contributed by atoms with Gasteiger partial charge in [-0.2, -0.15) is 5.10 Å². The summed E-state index contributed by atoms with van der Waals surface area (Å²) in [6.45, 7) is 1.48. The number of nitrogens with zero attached hydrogens (tertiary/aromatic N) is 2. The molecule has 0 aliphatic carbocycles. The maximum absolute atomic E-state index is 5.86. The summed E-state index contributed by atoms with van der Waals surface area (Å²) in [7, 11) is 5.69. The number of rotatable bonds is 4. The van der Waals surface area contributed by atoms with Crippen molar-refractivity contribution in [2.24, 2.45) is 7.05 Å². The van der Waals surface area contributed by atoms with Crippen LogP contribution >= 0.6 is 15.9 Å². The third-order valence-electron chi connectivity index (χ3n) is 3.77. The summed E-state index contributed by atoms with van der Waals surface area (Å²) in [5, 5.41) is 7.66. The van der Waals surface area contributed by atoms with E-state index in [1.165, 1.54) is 0 Å². The van der Waals surface area contributed by atoms with E-state index in [4.69, 9.17) is 9.47 Å². The Kier molecular flexibility index (Phi) is 4.42. The SMILES string of the molecule is CNC(c1c(Br)cnn1C)C1(OC)CCOCC1. The summed E-state index contributed by atoms with van der Waals surface area (Å²) in [5.41, 5.74) is 0.879. The molecule has 1 atom stereocenters. The first-order chi connectivity index (χ1) is 8.64. The van der Waals surface area contributed by atoms with E-state index in [9.17, 15) is 0 Å².